The van der Waals surface area contributed by atoms with E-state index < -0.39 is 46.7 Å². The molecule has 1 saturated heterocycles. The number of rotatable bonds is 8. The highest BCUT2D eigenvalue weighted by atomic mass is 16.7. The van der Waals surface area contributed by atoms with E-state index in [1.807, 2.05) is 6.07 Å². The van der Waals surface area contributed by atoms with E-state index in [0.717, 1.165) is 17.7 Å². The summed E-state index contributed by atoms with van der Waals surface area (Å²) in [5, 5.41) is 15.9. The van der Waals surface area contributed by atoms with E-state index in [0.29, 0.717) is 6.42 Å². The summed E-state index contributed by atoms with van der Waals surface area (Å²) in [4.78, 5) is 61.7. The van der Waals surface area contributed by atoms with E-state index in [4.69, 9.17) is 14.2 Å². The fourth-order valence-electron chi connectivity index (χ4n) is 3.82. The number of nitro groups is 1. The Morgan fingerprint density at radius 2 is 1.62 bits per heavy atom. The molecule has 13 nitrogen and oxygen atoms in total. The Morgan fingerprint density at radius 3 is 2.23 bits per heavy atom. The van der Waals surface area contributed by atoms with Crippen LogP contribution < -0.4 is 10.1 Å². The highest BCUT2D eigenvalue weighted by Crippen LogP contribution is 2.20. The van der Waals surface area contributed by atoms with Gasteiger partial charge in [0.25, 0.3) is 17.5 Å². The maximum atomic E-state index is 13.6. The topological polar surface area (TPSA) is 158 Å². The van der Waals surface area contributed by atoms with Gasteiger partial charge in [-0.2, -0.15) is 0 Å². The molecule has 214 valence electrons. The van der Waals surface area contributed by atoms with Crippen LogP contribution in [0.4, 0.5) is 15.3 Å². The van der Waals surface area contributed by atoms with E-state index >= 15 is 0 Å². The van der Waals surface area contributed by atoms with Gasteiger partial charge in [-0.3, -0.25) is 19.7 Å². The van der Waals surface area contributed by atoms with E-state index in [1.165, 1.54) is 29.1 Å². The maximum Gasteiger partial charge on any atom is 0.514 e. The van der Waals surface area contributed by atoms with Gasteiger partial charge in [-0.15, -0.1) is 0 Å². The van der Waals surface area contributed by atoms with Crippen molar-refractivity contribution in [2.45, 2.75) is 58.3 Å². The summed E-state index contributed by atoms with van der Waals surface area (Å²) in [6, 6.07) is 12.6. The monoisotopic (exact) mass is 556 g/mol. The van der Waals surface area contributed by atoms with Crippen LogP contribution in [0.1, 0.15) is 39.7 Å². The molecule has 3 rings (SSSR count). The molecule has 0 unspecified atom stereocenters. The molecule has 1 aliphatic rings. The van der Waals surface area contributed by atoms with Gasteiger partial charge in [-0.05, 0) is 51.8 Å². The number of nitrogens with zero attached hydrogens (tertiary/aromatic N) is 3. The lowest BCUT2D eigenvalue weighted by molar-refractivity contribution is -0.384. The van der Waals surface area contributed by atoms with Gasteiger partial charge in [0, 0.05) is 31.6 Å². The molecule has 2 aromatic rings. The molecule has 1 heterocycles. The number of nitrogens with one attached hydrogen (secondary N) is 1. The van der Waals surface area contributed by atoms with Crippen molar-refractivity contribution in [2.24, 2.45) is 0 Å². The molecule has 0 aliphatic carbocycles. The fourth-order valence-corrected chi connectivity index (χ4v) is 3.82. The molecule has 0 radical (unpaired) electrons. The fraction of sp³-hybridized carbons (Fsp3) is 0.407. The predicted molar refractivity (Wildman–Crippen MR) is 141 cm³/mol. The van der Waals surface area contributed by atoms with Gasteiger partial charge in [0.2, 0.25) is 0 Å². The minimum absolute atomic E-state index is 0.0170. The predicted octanol–water partition coefficient (Wildman–Crippen LogP) is 3.61. The van der Waals surface area contributed by atoms with Crippen LogP contribution in [-0.4, -0.2) is 69.8 Å². The number of hydrogen-bond acceptors (Lipinski definition) is 9. The van der Waals surface area contributed by atoms with Crippen molar-refractivity contribution in [3.63, 3.8) is 0 Å². The van der Waals surface area contributed by atoms with Crippen molar-refractivity contribution < 1.29 is 38.3 Å². The van der Waals surface area contributed by atoms with Gasteiger partial charge < -0.3 is 19.5 Å². The van der Waals surface area contributed by atoms with Crippen molar-refractivity contribution in [1.82, 2.24) is 15.3 Å². The summed E-state index contributed by atoms with van der Waals surface area (Å²) in [6.45, 7) is 7.01. The van der Waals surface area contributed by atoms with Crippen LogP contribution in [0.15, 0.2) is 54.6 Å². The first kappa shape index (κ1) is 29.9. The number of carbonyl (C=O) groups excluding carboxylic acids is 4. The molecule has 1 N–H and O–H groups in total. The quantitative estimate of drug-likeness (QED) is 0.222. The second kappa shape index (κ2) is 12.9. The summed E-state index contributed by atoms with van der Waals surface area (Å²) in [6.07, 6.45) is -2.58. The van der Waals surface area contributed by atoms with Gasteiger partial charge in [-0.25, -0.2) is 19.6 Å². The van der Waals surface area contributed by atoms with Crippen molar-refractivity contribution >= 4 is 29.8 Å². The number of ether oxygens (including phenoxy) is 3. The average Bonchev–Trinajstić information content (AvgIpc) is 3.38. The summed E-state index contributed by atoms with van der Waals surface area (Å²) in [7, 11) is 0. The van der Waals surface area contributed by atoms with Crippen molar-refractivity contribution in [1.29, 1.82) is 0 Å². The minimum atomic E-state index is -1.35. The number of nitro benzene ring substituents is 1. The van der Waals surface area contributed by atoms with Crippen molar-refractivity contribution in [3.05, 3.63) is 70.3 Å². The first-order valence-corrected chi connectivity index (χ1v) is 12.6. The molecule has 0 saturated carbocycles. The minimum Gasteiger partial charge on any atom is -0.442 e. The first-order valence-electron chi connectivity index (χ1n) is 12.6. The Morgan fingerprint density at radius 1 is 1.00 bits per heavy atom. The number of hydrazine groups is 1. The molecule has 2 aromatic carbocycles. The first-order chi connectivity index (χ1) is 18.8. The summed E-state index contributed by atoms with van der Waals surface area (Å²) < 4.78 is 15.5. The van der Waals surface area contributed by atoms with Crippen LogP contribution in [0, 0.1) is 10.1 Å². The lowest BCUT2D eigenvalue weighted by Gasteiger charge is -2.33. The zero-order chi connectivity index (χ0) is 29.4. The highest BCUT2D eigenvalue weighted by molar-refractivity contribution is 5.91. The third-order valence-electron chi connectivity index (χ3n) is 5.68. The number of hydrogen-bond donors (Lipinski definition) is 1. The van der Waals surface area contributed by atoms with Gasteiger partial charge >= 0.3 is 12.2 Å². The molecular weight excluding hydrogens is 524 g/mol. The molecule has 0 aromatic heterocycles. The van der Waals surface area contributed by atoms with Gasteiger partial charge in [-0.1, -0.05) is 30.3 Å². The molecule has 13 heteroatoms. The van der Waals surface area contributed by atoms with E-state index in [9.17, 15) is 29.3 Å². The molecule has 0 spiro atoms. The summed E-state index contributed by atoms with van der Waals surface area (Å²) in [5.74, 6) is -1.31. The largest absolute Gasteiger partial charge is 0.514 e. The van der Waals surface area contributed by atoms with Crippen molar-refractivity contribution in [3.8, 4) is 5.75 Å². The molecule has 40 heavy (non-hydrogen) atoms. The molecule has 3 amide bonds. The third-order valence-corrected chi connectivity index (χ3v) is 5.68. The Hall–Kier alpha value is -4.68. The number of carbonyl (C=O) groups is 4. The van der Waals surface area contributed by atoms with Gasteiger partial charge in [0.15, 0.2) is 6.10 Å². The molecule has 0 bridgehead atoms. The van der Waals surface area contributed by atoms with Gasteiger partial charge in [0.1, 0.15) is 17.4 Å². The normalized spacial score (nSPS) is 14.6. The van der Waals surface area contributed by atoms with E-state index in [-0.39, 0.29) is 30.9 Å². The van der Waals surface area contributed by atoms with E-state index in [1.54, 1.807) is 45.0 Å². The van der Waals surface area contributed by atoms with Gasteiger partial charge in [0.05, 0.1) is 4.92 Å². The second-order valence-electron chi connectivity index (χ2n) is 10.0. The van der Waals surface area contributed by atoms with Crippen LogP contribution >= 0.6 is 0 Å². The molecule has 1 fully saturated rings. The average molecular weight is 557 g/mol. The smallest absolute Gasteiger partial charge is 0.442 e. The molecule has 1 aliphatic heterocycles. The third kappa shape index (κ3) is 8.41. The highest BCUT2D eigenvalue weighted by Gasteiger charge is 2.38. The lowest BCUT2D eigenvalue weighted by atomic mass is 10.0. The van der Waals surface area contributed by atoms with Crippen LogP contribution in [0.25, 0.3) is 0 Å². The number of benzene rings is 2. The Balaban J connectivity index is 1.69. The van der Waals surface area contributed by atoms with Crippen LogP contribution in [0.3, 0.4) is 0 Å². The Kier molecular flexibility index (Phi) is 9.64. The number of amides is 3. The summed E-state index contributed by atoms with van der Waals surface area (Å²) >= 11 is 0. The maximum absolute atomic E-state index is 13.6. The Bertz CT molecular complexity index is 1230. The van der Waals surface area contributed by atoms with Crippen LogP contribution in [-0.2, 0) is 25.5 Å². The number of non-ortho nitro benzene ring substituents is 1. The molecular formula is C27H32N4O9. The van der Waals surface area contributed by atoms with Crippen LogP contribution in [0.2, 0.25) is 0 Å². The summed E-state index contributed by atoms with van der Waals surface area (Å²) in [5.41, 5.74) is -0.192. The van der Waals surface area contributed by atoms with Crippen molar-refractivity contribution in [2.75, 3.05) is 13.1 Å². The Labute approximate surface area is 231 Å². The molecule has 2 atom stereocenters. The van der Waals surface area contributed by atoms with Crippen LogP contribution in [0.5, 0.6) is 5.75 Å². The SMILES string of the molecule is C[C@@H](OC(=O)Oc1ccc([N+](=O)[O-])cc1)C(=O)N[C@@H](Cc1ccccc1)C(=O)N1CCCN1C(=O)OC(C)(C)C. The zero-order valence-electron chi connectivity index (χ0n) is 22.7. The lowest BCUT2D eigenvalue weighted by Crippen LogP contribution is -2.56. The standard InChI is InChI=1S/C27H32N4O9/c1-18(38-26(35)39-21-13-11-20(12-14-21)31(36)37)23(32)28-22(17-19-9-6-5-7-10-19)24(33)29-15-8-16-30(29)25(34)40-27(2,3)4/h5-7,9-14,18,22H,8,15-17H2,1-4H3,(H,28,32)/t18-,22+/m1/s1. The van der Waals surface area contributed by atoms with E-state index in [2.05, 4.69) is 5.32 Å². The second-order valence-corrected chi connectivity index (χ2v) is 10.0. The zero-order valence-corrected chi connectivity index (χ0v) is 22.7.